The average molecular weight is 523 g/mol. The van der Waals surface area contributed by atoms with E-state index in [4.69, 9.17) is 9.90 Å². The molecule has 2 atom stereocenters. The van der Waals surface area contributed by atoms with Gasteiger partial charge in [0.05, 0.1) is 11.1 Å². The fraction of sp³-hybridized carbons (Fsp3) is 0.524. The molecule has 0 aliphatic carbocycles. The Labute approximate surface area is 200 Å². The van der Waals surface area contributed by atoms with Crippen LogP contribution in [0.1, 0.15) is 31.2 Å². The third-order valence-corrected chi connectivity index (χ3v) is 6.04. The maximum Gasteiger partial charge on any atom is 0.490 e. The van der Waals surface area contributed by atoms with E-state index in [1.54, 1.807) is 0 Å². The van der Waals surface area contributed by atoms with Crippen LogP contribution in [-0.4, -0.2) is 67.2 Å². The Morgan fingerprint density at radius 3 is 2.25 bits per heavy atom. The highest BCUT2D eigenvalue weighted by atomic mass is 19.4. The highest BCUT2D eigenvalue weighted by Crippen LogP contribution is 2.35. The van der Waals surface area contributed by atoms with Gasteiger partial charge in [-0.05, 0) is 57.0 Å². The van der Waals surface area contributed by atoms with Crippen LogP contribution in [-0.2, 0) is 18.0 Å². The van der Waals surface area contributed by atoms with Crippen molar-refractivity contribution in [3.63, 3.8) is 0 Å². The maximum atomic E-state index is 12.8. The number of rotatable bonds is 3. The molecule has 2 aliphatic rings. The third kappa shape index (κ3) is 6.06. The summed E-state index contributed by atoms with van der Waals surface area (Å²) in [5.41, 5.74) is -1.41. The molecule has 2 saturated heterocycles. The summed E-state index contributed by atoms with van der Waals surface area (Å²) in [6.07, 6.45) is -5.47. The van der Waals surface area contributed by atoms with Gasteiger partial charge in [0, 0.05) is 19.1 Å². The minimum absolute atomic E-state index is 0.00193. The van der Waals surface area contributed by atoms with Gasteiger partial charge in [-0.3, -0.25) is 14.3 Å². The average Bonchev–Trinajstić information content (AvgIpc) is 3.26. The smallest absolute Gasteiger partial charge is 0.490 e. The Morgan fingerprint density at radius 1 is 1.08 bits per heavy atom. The zero-order valence-electron chi connectivity index (χ0n) is 18.9. The fourth-order valence-electron chi connectivity index (χ4n) is 4.32. The molecule has 0 spiro atoms. The number of hydrogen-bond donors (Lipinski definition) is 3. The number of phenols is 1. The van der Waals surface area contributed by atoms with E-state index in [0.29, 0.717) is 12.1 Å². The molecule has 9 nitrogen and oxygen atoms in total. The standard InChI is InChI=1S/C19H22F3N5O2.C2HF3O2/c1-26-17(12-7-6-11(10-15(12)28)19(20,21)22)25-24-16(18(26)29)23-13-4-2-8-27-9-3-5-14(13)27;3-2(4,5)1(6)7/h6-7,10,13-14,28H,2-5,8-9H2,1H3,(H,23,24);(H,6,7). The monoisotopic (exact) mass is 523 g/mol. The molecule has 2 aliphatic heterocycles. The molecule has 4 rings (SSSR count). The second kappa shape index (κ2) is 10.3. The summed E-state index contributed by atoms with van der Waals surface area (Å²) >= 11 is 0. The molecule has 3 heterocycles. The summed E-state index contributed by atoms with van der Waals surface area (Å²) < 4.78 is 71.3. The lowest BCUT2D eigenvalue weighted by molar-refractivity contribution is -0.192. The van der Waals surface area contributed by atoms with Crippen LogP contribution < -0.4 is 10.9 Å². The number of aliphatic carboxylic acids is 1. The van der Waals surface area contributed by atoms with Crippen molar-refractivity contribution in [3.05, 3.63) is 34.1 Å². The molecule has 1 aromatic carbocycles. The summed E-state index contributed by atoms with van der Waals surface area (Å²) in [4.78, 5) is 24.1. The second-order valence-corrected chi connectivity index (χ2v) is 8.41. The number of carbonyl (C=O) groups is 1. The van der Waals surface area contributed by atoms with E-state index in [1.165, 1.54) is 11.6 Å². The molecule has 15 heteroatoms. The Hall–Kier alpha value is -3.36. The topological polar surface area (TPSA) is 121 Å². The Kier molecular flexibility index (Phi) is 7.81. The lowest BCUT2D eigenvalue weighted by Gasteiger charge is -2.37. The first-order chi connectivity index (χ1) is 16.7. The van der Waals surface area contributed by atoms with Crippen molar-refractivity contribution < 1.29 is 41.4 Å². The lowest BCUT2D eigenvalue weighted by Crippen LogP contribution is -2.48. The van der Waals surface area contributed by atoms with Crippen molar-refractivity contribution >= 4 is 11.8 Å². The van der Waals surface area contributed by atoms with Gasteiger partial charge in [-0.2, -0.15) is 26.3 Å². The first-order valence-corrected chi connectivity index (χ1v) is 10.8. The summed E-state index contributed by atoms with van der Waals surface area (Å²) in [7, 11) is 1.46. The van der Waals surface area contributed by atoms with Crippen LogP contribution >= 0.6 is 0 Å². The van der Waals surface area contributed by atoms with Gasteiger partial charge in [0.25, 0.3) is 5.56 Å². The number of piperidine rings is 1. The fourth-order valence-corrected chi connectivity index (χ4v) is 4.32. The highest BCUT2D eigenvalue weighted by molar-refractivity contribution is 5.73. The largest absolute Gasteiger partial charge is 0.507 e. The Balaban J connectivity index is 0.000000454. The number of fused-ring (bicyclic) bond motifs is 1. The molecular formula is C21H23F6N5O4. The van der Waals surface area contributed by atoms with Crippen LogP contribution in [0.15, 0.2) is 23.0 Å². The van der Waals surface area contributed by atoms with Gasteiger partial charge >= 0.3 is 18.3 Å². The Bertz CT molecular complexity index is 1170. The first kappa shape index (κ1) is 27.2. The van der Waals surface area contributed by atoms with Gasteiger partial charge in [-0.25, -0.2) is 4.79 Å². The van der Waals surface area contributed by atoms with Gasteiger partial charge in [-0.1, -0.05) is 0 Å². The van der Waals surface area contributed by atoms with Crippen LogP contribution in [0.3, 0.4) is 0 Å². The van der Waals surface area contributed by atoms with Crippen LogP contribution in [0.25, 0.3) is 11.4 Å². The minimum Gasteiger partial charge on any atom is -0.507 e. The van der Waals surface area contributed by atoms with Crippen LogP contribution in [0.4, 0.5) is 32.2 Å². The summed E-state index contributed by atoms with van der Waals surface area (Å²) in [5.74, 6) is -3.26. The van der Waals surface area contributed by atoms with Crippen LogP contribution in [0.2, 0.25) is 0 Å². The second-order valence-electron chi connectivity index (χ2n) is 8.41. The number of hydrogen-bond acceptors (Lipinski definition) is 7. The molecule has 3 N–H and O–H groups in total. The van der Waals surface area contributed by atoms with Crippen LogP contribution in [0, 0.1) is 0 Å². The van der Waals surface area contributed by atoms with Gasteiger partial charge in [0.2, 0.25) is 5.82 Å². The van der Waals surface area contributed by atoms with E-state index < -0.39 is 35.2 Å². The number of alkyl halides is 6. The number of carboxylic acids is 1. The van der Waals surface area contributed by atoms with Crippen LogP contribution in [0.5, 0.6) is 5.75 Å². The highest BCUT2D eigenvalue weighted by Gasteiger charge is 2.38. The SMILES string of the molecule is Cn1c(-c2ccc(C(F)(F)F)cc2O)nnc(NC2CCCN3CCCC23)c1=O.O=C(O)C(F)(F)F. The molecule has 36 heavy (non-hydrogen) atoms. The van der Waals surface area contributed by atoms with Crippen molar-refractivity contribution in [2.75, 3.05) is 18.4 Å². The maximum absolute atomic E-state index is 12.8. The molecule has 1 aromatic heterocycles. The number of halogens is 6. The number of nitrogens with one attached hydrogen (secondary N) is 1. The van der Waals surface area contributed by atoms with Gasteiger partial charge in [0.15, 0.2) is 5.82 Å². The van der Waals surface area contributed by atoms with E-state index in [9.17, 15) is 36.2 Å². The lowest BCUT2D eigenvalue weighted by atomic mass is 9.96. The number of anilines is 1. The number of nitrogens with zero attached hydrogens (tertiary/aromatic N) is 4. The number of phenolic OH excluding ortho intramolecular Hbond substituents is 1. The van der Waals surface area contributed by atoms with Gasteiger partial charge in [0.1, 0.15) is 5.75 Å². The quantitative estimate of drug-likeness (QED) is 0.525. The van der Waals surface area contributed by atoms with Crippen molar-refractivity contribution in [2.24, 2.45) is 7.05 Å². The van der Waals surface area contributed by atoms with E-state index in [1.807, 2.05) is 0 Å². The van der Waals surface area contributed by atoms with E-state index in [0.717, 1.165) is 50.9 Å². The molecule has 2 fully saturated rings. The molecule has 0 radical (unpaired) electrons. The molecule has 0 saturated carbocycles. The minimum atomic E-state index is -5.08. The molecule has 0 bridgehead atoms. The van der Waals surface area contributed by atoms with Crippen molar-refractivity contribution in [1.82, 2.24) is 19.7 Å². The molecular weight excluding hydrogens is 500 g/mol. The number of carboxylic acid groups (broad SMARTS) is 1. The number of aromatic nitrogens is 3. The summed E-state index contributed by atoms with van der Waals surface area (Å²) in [6, 6.07) is 3.02. The van der Waals surface area contributed by atoms with Gasteiger partial charge < -0.3 is 15.5 Å². The third-order valence-electron chi connectivity index (χ3n) is 6.04. The predicted molar refractivity (Wildman–Crippen MR) is 114 cm³/mol. The van der Waals surface area contributed by atoms with Crippen molar-refractivity contribution in [2.45, 2.75) is 50.1 Å². The molecule has 198 valence electrons. The van der Waals surface area contributed by atoms with E-state index in [2.05, 4.69) is 20.4 Å². The number of aromatic hydroxyl groups is 1. The Morgan fingerprint density at radius 2 is 1.69 bits per heavy atom. The van der Waals surface area contributed by atoms with E-state index in [-0.39, 0.29) is 23.2 Å². The van der Waals surface area contributed by atoms with Crippen molar-refractivity contribution in [1.29, 1.82) is 0 Å². The number of benzene rings is 1. The zero-order valence-corrected chi connectivity index (χ0v) is 18.9. The van der Waals surface area contributed by atoms with E-state index >= 15 is 0 Å². The predicted octanol–water partition coefficient (Wildman–Crippen LogP) is 3.24. The summed E-state index contributed by atoms with van der Waals surface area (Å²) in [6.45, 7) is 2.14. The molecule has 2 unspecified atom stereocenters. The zero-order chi connectivity index (χ0) is 26.8. The normalized spacial score (nSPS) is 20.3. The van der Waals surface area contributed by atoms with Gasteiger partial charge in [-0.15, -0.1) is 10.2 Å². The molecule has 2 aromatic rings. The molecule has 0 amide bonds. The van der Waals surface area contributed by atoms with Crippen molar-refractivity contribution in [3.8, 4) is 17.1 Å². The first-order valence-electron chi connectivity index (χ1n) is 10.8. The summed E-state index contributed by atoms with van der Waals surface area (Å²) in [5, 5.41) is 28.4.